The number of nitrogens with zero attached hydrogens (tertiary/aromatic N) is 3. The topological polar surface area (TPSA) is 50.9 Å². The smallest absolute Gasteiger partial charge is 0.153 e. The van der Waals surface area contributed by atoms with Crippen LogP contribution in [0.4, 0.5) is 0 Å². The summed E-state index contributed by atoms with van der Waals surface area (Å²) in [5, 5.41) is 13.3. The standard InChI is InChI=1S/C11H13N3O/c1-8-5-6-14(13-8)11-4-3-10(7-15)9(2)12-11/h3-6,15H,7H2,1-2H3. The molecule has 0 aromatic carbocycles. The van der Waals surface area contributed by atoms with Crippen molar-refractivity contribution < 1.29 is 5.11 Å². The summed E-state index contributed by atoms with van der Waals surface area (Å²) in [5.74, 6) is 0.776. The van der Waals surface area contributed by atoms with Crippen LogP contribution in [0.5, 0.6) is 0 Å². The van der Waals surface area contributed by atoms with Crippen molar-refractivity contribution >= 4 is 0 Å². The fourth-order valence-electron chi connectivity index (χ4n) is 1.41. The molecule has 0 radical (unpaired) electrons. The number of aromatic nitrogens is 3. The number of aliphatic hydroxyl groups is 1. The molecular formula is C11H13N3O. The lowest BCUT2D eigenvalue weighted by atomic mass is 10.2. The number of hydrogen-bond acceptors (Lipinski definition) is 3. The molecule has 0 saturated heterocycles. The van der Waals surface area contributed by atoms with Gasteiger partial charge in [0.25, 0.3) is 0 Å². The fourth-order valence-corrected chi connectivity index (χ4v) is 1.41. The molecule has 0 fully saturated rings. The van der Waals surface area contributed by atoms with E-state index in [0.717, 1.165) is 22.8 Å². The molecule has 0 saturated carbocycles. The van der Waals surface area contributed by atoms with Gasteiger partial charge in [-0.05, 0) is 31.5 Å². The molecule has 0 aliphatic carbocycles. The molecule has 0 atom stereocenters. The Kier molecular flexibility index (Phi) is 2.51. The molecule has 2 heterocycles. The van der Waals surface area contributed by atoms with Crippen LogP contribution in [0.15, 0.2) is 24.4 Å². The molecule has 0 amide bonds. The summed E-state index contributed by atoms with van der Waals surface area (Å²) in [6.07, 6.45) is 1.87. The van der Waals surface area contributed by atoms with Crippen molar-refractivity contribution in [3.8, 4) is 5.82 Å². The lowest BCUT2D eigenvalue weighted by molar-refractivity contribution is 0.280. The Labute approximate surface area is 88.2 Å². The second-order valence-corrected chi connectivity index (χ2v) is 3.47. The van der Waals surface area contributed by atoms with Crippen LogP contribution in [-0.4, -0.2) is 19.9 Å². The minimum atomic E-state index is 0.0250. The van der Waals surface area contributed by atoms with Gasteiger partial charge in [-0.3, -0.25) is 0 Å². The van der Waals surface area contributed by atoms with E-state index in [9.17, 15) is 0 Å². The fraction of sp³-hybridized carbons (Fsp3) is 0.273. The van der Waals surface area contributed by atoms with Crippen LogP contribution < -0.4 is 0 Å². The second kappa shape index (κ2) is 3.82. The molecule has 4 nitrogen and oxygen atoms in total. The van der Waals surface area contributed by atoms with Gasteiger partial charge in [0.05, 0.1) is 12.3 Å². The highest BCUT2D eigenvalue weighted by Gasteiger charge is 2.03. The van der Waals surface area contributed by atoms with E-state index in [1.807, 2.05) is 38.2 Å². The summed E-state index contributed by atoms with van der Waals surface area (Å²) in [5.41, 5.74) is 2.64. The zero-order valence-corrected chi connectivity index (χ0v) is 8.81. The van der Waals surface area contributed by atoms with Crippen molar-refractivity contribution in [2.24, 2.45) is 0 Å². The zero-order chi connectivity index (χ0) is 10.8. The lowest BCUT2D eigenvalue weighted by Crippen LogP contribution is -2.02. The lowest BCUT2D eigenvalue weighted by Gasteiger charge is -2.05. The van der Waals surface area contributed by atoms with Gasteiger partial charge in [-0.2, -0.15) is 5.10 Å². The van der Waals surface area contributed by atoms with Gasteiger partial charge in [0.2, 0.25) is 0 Å². The van der Waals surface area contributed by atoms with Gasteiger partial charge in [0, 0.05) is 11.9 Å². The first-order valence-electron chi connectivity index (χ1n) is 4.81. The molecular weight excluding hydrogens is 190 g/mol. The number of hydrogen-bond donors (Lipinski definition) is 1. The van der Waals surface area contributed by atoms with Crippen LogP contribution in [0.3, 0.4) is 0 Å². The molecule has 78 valence electrons. The van der Waals surface area contributed by atoms with E-state index in [0.29, 0.717) is 0 Å². The average molecular weight is 203 g/mol. The highest BCUT2D eigenvalue weighted by atomic mass is 16.3. The van der Waals surface area contributed by atoms with Crippen LogP contribution in [-0.2, 0) is 6.61 Å². The quantitative estimate of drug-likeness (QED) is 0.802. The number of aryl methyl sites for hydroxylation is 2. The van der Waals surface area contributed by atoms with Gasteiger partial charge in [-0.25, -0.2) is 9.67 Å². The van der Waals surface area contributed by atoms with Gasteiger partial charge < -0.3 is 5.11 Å². The Balaban J connectivity index is 2.42. The van der Waals surface area contributed by atoms with Gasteiger partial charge in [0.15, 0.2) is 5.82 Å². The summed E-state index contributed by atoms with van der Waals surface area (Å²) in [6.45, 7) is 3.84. The van der Waals surface area contributed by atoms with E-state index in [1.54, 1.807) is 4.68 Å². The Bertz CT molecular complexity index is 476. The largest absolute Gasteiger partial charge is 0.392 e. The van der Waals surface area contributed by atoms with E-state index in [1.165, 1.54) is 0 Å². The molecule has 15 heavy (non-hydrogen) atoms. The van der Waals surface area contributed by atoms with Gasteiger partial charge in [0.1, 0.15) is 0 Å². The third kappa shape index (κ3) is 1.89. The molecule has 0 aliphatic rings. The minimum Gasteiger partial charge on any atom is -0.392 e. The predicted molar refractivity (Wildman–Crippen MR) is 56.8 cm³/mol. The van der Waals surface area contributed by atoms with Gasteiger partial charge in [-0.1, -0.05) is 6.07 Å². The molecule has 0 bridgehead atoms. The highest BCUT2D eigenvalue weighted by Crippen LogP contribution is 2.10. The van der Waals surface area contributed by atoms with Gasteiger partial charge >= 0.3 is 0 Å². The minimum absolute atomic E-state index is 0.0250. The molecule has 4 heteroatoms. The van der Waals surface area contributed by atoms with Crippen LogP contribution in [0.25, 0.3) is 5.82 Å². The van der Waals surface area contributed by atoms with Crippen molar-refractivity contribution in [3.63, 3.8) is 0 Å². The van der Waals surface area contributed by atoms with E-state index < -0.39 is 0 Å². The monoisotopic (exact) mass is 203 g/mol. The molecule has 0 unspecified atom stereocenters. The summed E-state index contributed by atoms with van der Waals surface area (Å²) in [6, 6.07) is 5.65. The van der Waals surface area contributed by atoms with Crippen molar-refractivity contribution in [2.45, 2.75) is 20.5 Å². The number of pyridine rings is 1. The van der Waals surface area contributed by atoms with Crippen LogP contribution >= 0.6 is 0 Å². The van der Waals surface area contributed by atoms with E-state index >= 15 is 0 Å². The summed E-state index contributed by atoms with van der Waals surface area (Å²) in [7, 11) is 0. The SMILES string of the molecule is Cc1ccn(-c2ccc(CO)c(C)n2)n1. The third-order valence-electron chi connectivity index (χ3n) is 2.31. The number of aliphatic hydroxyl groups excluding tert-OH is 1. The molecule has 0 spiro atoms. The Morgan fingerprint density at radius 3 is 2.60 bits per heavy atom. The molecule has 2 rings (SSSR count). The summed E-state index contributed by atoms with van der Waals surface area (Å²) >= 11 is 0. The van der Waals surface area contributed by atoms with E-state index in [-0.39, 0.29) is 6.61 Å². The van der Waals surface area contributed by atoms with E-state index in [4.69, 9.17) is 5.11 Å². The molecule has 2 aromatic rings. The first kappa shape index (κ1) is 9.86. The maximum absolute atomic E-state index is 9.02. The first-order valence-corrected chi connectivity index (χ1v) is 4.81. The molecule has 2 aromatic heterocycles. The predicted octanol–water partition coefficient (Wildman–Crippen LogP) is 1.38. The Morgan fingerprint density at radius 2 is 2.07 bits per heavy atom. The second-order valence-electron chi connectivity index (χ2n) is 3.47. The van der Waals surface area contributed by atoms with E-state index in [2.05, 4.69) is 10.1 Å². The molecule has 0 aliphatic heterocycles. The Morgan fingerprint density at radius 1 is 1.27 bits per heavy atom. The highest BCUT2D eigenvalue weighted by molar-refractivity contribution is 5.29. The summed E-state index contributed by atoms with van der Waals surface area (Å²) < 4.78 is 1.73. The van der Waals surface area contributed by atoms with Crippen molar-refractivity contribution in [2.75, 3.05) is 0 Å². The van der Waals surface area contributed by atoms with Gasteiger partial charge in [-0.15, -0.1) is 0 Å². The van der Waals surface area contributed by atoms with Crippen LogP contribution in [0.1, 0.15) is 17.0 Å². The van der Waals surface area contributed by atoms with Crippen LogP contribution in [0, 0.1) is 13.8 Å². The maximum atomic E-state index is 9.02. The summed E-state index contributed by atoms with van der Waals surface area (Å²) in [4.78, 5) is 4.37. The normalized spacial score (nSPS) is 10.6. The zero-order valence-electron chi connectivity index (χ0n) is 8.81. The third-order valence-corrected chi connectivity index (χ3v) is 2.31. The van der Waals surface area contributed by atoms with Crippen molar-refractivity contribution in [1.29, 1.82) is 0 Å². The Hall–Kier alpha value is -1.68. The number of rotatable bonds is 2. The van der Waals surface area contributed by atoms with Crippen molar-refractivity contribution in [1.82, 2.24) is 14.8 Å². The first-order chi connectivity index (χ1) is 7.20. The molecule has 1 N–H and O–H groups in total. The average Bonchev–Trinajstić information content (AvgIpc) is 2.65. The van der Waals surface area contributed by atoms with Crippen LogP contribution in [0.2, 0.25) is 0 Å². The van der Waals surface area contributed by atoms with Crippen molar-refractivity contribution in [3.05, 3.63) is 41.3 Å². The maximum Gasteiger partial charge on any atom is 0.153 e.